The topological polar surface area (TPSA) is 78.9 Å². The standard InChI is InChI=1S/C38H28O6S/c1-23-33(42-35(39)30-17-14-24-8-2-5-11-27(24)20-30)34(43-36(40)31-18-15-25-9-3-6-12-28(25)21-31)38(45-23)44-37(41)32-19-16-26-10-4-7-13-29(26)22-32/h2-23,33-34,38H,1H3/t23-,33-,34+,38?/m0/s1. The third-order valence-corrected chi connectivity index (χ3v) is 9.40. The number of carbonyl (C=O) groups is 3. The number of esters is 3. The molecule has 1 fully saturated rings. The average molecular weight is 613 g/mol. The van der Waals surface area contributed by atoms with E-state index in [1.807, 2.05) is 97.9 Å². The normalized spacial score (nSPS) is 19.4. The molecular weight excluding hydrogens is 584 g/mol. The lowest BCUT2D eigenvalue weighted by molar-refractivity contribution is -0.0570. The molecule has 0 amide bonds. The Kier molecular flexibility index (Phi) is 7.69. The van der Waals surface area contributed by atoms with Crippen molar-refractivity contribution in [2.45, 2.75) is 29.8 Å². The van der Waals surface area contributed by atoms with E-state index >= 15 is 0 Å². The zero-order valence-corrected chi connectivity index (χ0v) is 25.1. The summed E-state index contributed by atoms with van der Waals surface area (Å²) < 4.78 is 18.0. The molecule has 6 aromatic rings. The smallest absolute Gasteiger partial charge is 0.339 e. The van der Waals surface area contributed by atoms with Gasteiger partial charge in [-0.2, -0.15) is 0 Å². The number of carbonyl (C=O) groups excluding carboxylic acids is 3. The molecule has 0 aromatic heterocycles. The van der Waals surface area contributed by atoms with Crippen LogP contribution in [0.1, 0.15) is 38.0 Å². The van der Waals surface area contributed by atoms with Crippen molar-refractivity contribution in [2.24, 2.45) is 0 Å². The van der Waals surface area contributed by atoms with Gasteiger partial charge in [0.1, 0.15) is 0 Å². The predicted molar refractivity (Wildman–Crippen MR) is 177 cm³/mol. The van der Waals surface area contributed by atoms with Gasteiger partial charge in [-0.3, -0.25) is 0 Å². The van der Waals surface area contributed by atoms with Gasteiger partial charge in [0.15, 0.2) is 17.6 Å². The first kappa shape index (κ1) is 28.6. The highest BCUT2D eigenvalue weighted by molar-refractivity contribution is 8.00. The van der Waals surface area contributed by atoms with E-state index in [9.17, 15) is 14.4 Å². The largest absolute Gasteiger partial charge is 0.453 e. The third kappa shape index (κ3) is 5.87. The fourth-order valence-corrected chi connectivity index (χ4v) is 6.97. The summed E-state index contributed by atoms with van der Waals surface area (Å²) in [6.07, 6.45) is -1.91. The second-order valence-corrected chi connectivity index (χ2v) is 12.5. The van der Waals surface area contributed by atoms with Gasteiger partial charge in [-0.15, -0.1) is 11.8 Å². The summed E-state index contributed by atoms with van der Waals surface area (Å²) in [5.74, 6) is -1.70. The monoisotopic (exact) mass is 612 g/mol. The van der Waals surface area contributed by atoms with Gasteiger partial charge in [-0.25, -0.2) is 14.4 Å². The van der Waals surface area contributed by atoms with Crippen LogP contribution < -0.4 is 0 Å². The quantitative estimate of drug-likeness (QED) is 0.139. The number of hydrogen-bond acceptors (Lipinski definition) is 7. The van der Waals surface area contributed by atoms with Crippen molar-refractivity contribution in [1.29, 1.82) is 0 Å². The van der Waals surface area contributed by atoms with Gasteiger partial charge in [0, 0.05) is 5.25 Å². The van der Waals surface area contributed by atoms with Gasteiger partial charge in [0.2, 0.25) is 0 Å². The number of rotatable bonds is 6. The zero-order valence-electron chi connectivity index (χ0n) is 24.3. The average Bonchev–Trinajstić information content (AvgIpc) is 3.35. The molecule has 0 bridgehead atoms. The second kappa shape index (κ2) is 12.1. The Morgan fingerprint density at radius 3 is 1.24 bits per heavy atom. The highest BCUT2D eigenvalue weighted by atomic mass is 32.2. The third-order valence-electron chi connectivity index (χ3n) is 8.07. The molecule has 6 nitrogen and oxygen atoms in total. The van der Waals surface area contributed by atoms with Gasteiger partial charge in [0.05, 0.1) is 16.7 Å². The predicted octanol–water partition coefficient (Wildman–Crippen LogP) is 8.22. The van der Waals surface area contributed by atoms with Crippen molar-refractivity contribution in [3.8, 4) is 0 Å². The number of benzene rings is 6. The molecule has 7 heteroatoms. The molecular formula is C38H28O6S. The highest BCUT2D eigenvalue weighted by Gasteiger charge is 2.49. The minimum absolute atomic E-state index is 0.335. The minimum Gasteiger partial charge on any atom is -0.453 e. The molecule has 1 aliphatic heterocycles. The van der Waals surface area contributed by atoms with E-state index in [2.05, 4.69) is 0 Å². The Bertz CT molecular complexity index is 2090. The van der Waals surface area contributed by atoms with E-state index in [-0.39, 0.29) is 5.25 Å². The van der Waals surface area contributed by atoms with Crippen LogP contribution in [0.4, 0.5) is 0 Å². The lowest BCUT2D eigenvalue weighted by Gasteiger charge is -2.25. The van der Waals surface area contributed by atoms with E-state index in [0.717, 1.165) is 32.3 Å². The Morgan fingerprint density at radius 1 is 0.467 bits per heavy atom. The van der Waals surface area contributed by atoms with Crippen molar-refractivity contribution in [2.75, 3.05) is 0 Å². The van der Waals surface area contributed by atoms with Crippen LogP contribution in [0.5, 0.6) is 0 Å². The molecule has 4 atom stereocenters. The van der Waals surface area contributed by atoms with Gasteiger partial charge in [-0.05, 0) is 75.6 Å². The molecule has 45 heavy (non-hydrogen) atoms. The summed E-state index contributed by atoms with van der Waals surface area (Å²) in [4.78, 5) is 40.4. The zero-order chi connectivity index (χ0) is 30.9. The fourth-order valence-electron chi connectivity index (χ4n) is 5.67. The van der Waals surface area contributed by atoms with Crippen molar-refractivity contribution < 1.29 is 28.6 Å². The van der Waals surface area contributed by atoms with Crippen LogP contribution in [-0.2, 0) is 14.2 Å². The van der Waals surface area contributed by atoms with E-state index in [0.29, 0.717) is 16.7 Å². The van der Waals surface area contributed by atoms with Gasteiger partial charge < -0.3 is 14.2 Å². The van der Waals surface area contributed by atoms with Crippen molar-refractivity contribution in [3.63, 3.8) is 0 Å². The fraction of sp³-hybridized carbons (Fsp3) is 0.132. The summed E-state index contributed by atoms with van der Waals surface area (Å²) in [5, 5.41) is 5.35. The summed E-state index contributed by atoms with van der Waals surface area (Å²) in [5.41, 5.74) is 0.190. The molecule has 1 aliphatic rings. The highest BCUT2D eigenvalue weighted by Crippen LogP contribution is 2.40. The lowest BCUT2D eigenvalue weighted by atomic mass is 10.1. The van der Waals surface area contributed by atoms with Gasteiger partial charge in [0.25, 0.3) is 0 Å². The molecule has 0 N–H and O–H groups in total. The lowest BCUT2D eigenvalue weighted by Crippen LogP contribution is -2.41. The summed E-state index contributed by atoms with van der Waals surface area (Å²) in [6, 6.07) is 39.2. The maximum absolute atomic E-state index is 13.5. The van der Waals surface area contributed by atoms with Crippen LogP contribution in [-0.4, -0.2) is 40.8 Å². The van der Waals surface area contributed by atoms with Crippen molar-refractivity contribution in [3.05, 3.63) is 144 Å². The molecule has 1 saturated heterocycles. The molecule has 1 unspecified atom stereocenters. The molecule has 222 valence electrons. The van der Waals surface area contributed by atoms with Crippen LogP contribution >= 0.6 is 11.8 Å². The first-order valence-corrected chi connectivity index (χ1v) is 15.6. The molecule has 1 heterocycles. The number of hydrogen-bond donors (Lipinski definition) is 0. The van der Waals surface area contributed by atoms with E-state index in [1.54, 1.807) is 36.4 Å². The Hall–Kier alpha value is -5.14. The van der Waals surface area contributed by atoms with Crippen molar-refractivity contribution >= 4 is 62.0 Å². The summed E-state index contributed by atoms with van der Waals surface area (Å²) in [6.45, 7) is 1.86. The molecule has 0 spiro atoms. The number of ether oxygens (including phenoxy) is 3. The van der Waals surface area contributed by atoms with Crippen LogP contribution in [0.2, 0.25) is 0 Å². The Labute approximate surface area is 263 Å². The minimum atomic E-state index is -1.04. The van der Waals surface area contributed by atoms with E-state index < -0.39 is 35.6 Å². The SMILES string of the molecule is C[C@@H]1SC(OC(=O)c2ccc3ccccc3c2)[C@H](OC(=O)c2ccc3ccccc3c2)[C@H]1OC(=O)c1ccc2ccccc2c1. The Balaban J connectivity index is 1.17. The maximum atomic E-state index is 13.5. The van der Waals surface area contributed by atoms with Crippen LogP contribution in [0.25, 0.3) is 32.3 Å². The first-order chi connectivity index (χ1) is 21.9. The summed E-state index contributed by atoms with van der Waals surface area (Å²) >= 11 is 1.29. The molecule has 0 saturated carbocycles. The molecule has 7 rings (SSSR count). The second-order valence-electron chi connectivity index (χ2n) is 11.0. The maximum Gasteiger partial charge on any atom is 0.339 e. The van der Waals surface area contributed by atoms with E-state index in [1.165, 1.54) is 11.8 Å². The molecule has 0 aliphatic carbocycles. The number of fused-ring (bicyclic) bond motifs is 3. The van der Waals surface area contributed by atoms with Gasteiger partial charge in [-0.1, -0.05) is 91.0 Å². The Morgan fingerprint density at radius 2 is 0.822 bits per heavy atom. The summed E-state index contributed by atoms with van der Waals surface area (Å²) in [7, 11) is 0. The van der Waals surface area contributed by atoms with Crippen LogP contribution in [0.3, 0.4) is 0 Å². The van der Waals surface area contributed by atoms with Crippen LogP contribution in [0.15, 0.2) is 127 Å². The van der Waals surface area contributed by atoms with Crippen LogP contribution in [0, 0.1) is 0 Å². The first-order valence-electron chi connectivity index (χ1n) is 14.7. The molecule has 6 aromatic carbocycles. The number of thioether (sulfide) groups is 1. The van der Waals surface area contributed by atoms with Gasteiger partial charge >= 0.3 is 17.9 Å². The van der Waals surface area contributed by atoms with E-state index in [4.69, 9.17) is 14.2 Å². The van der Waals surface area contributed by atoms with Crippen molar-refractivity contribution in [1.82, 2.24) is 0 Å². The molecule has 0 radical (unpaired) electrons.